The molecule has 1 aliphatic rings. The SMILES string of the molecule is CCOC(=O)c1cnn(-c2nc(-n3ncc(C(=O)OCC)c3N)c3c4c(sc3n2)COC(C)(C)C4)c1N. The molecule has 1 aliphatic heterocycles. The lowest BCUT2D eigenvalue weighted by Crippen LogP contribution is -2.31. The summed E-state index contributed by atoms with van der Waals surface area (Å²) < 4.78 is 18.8. The van der Waals surface area contributed by atoms with E-state index in [-0.39, 0.29) is 41.9 Å². The van der Waals surface area contributed by atoms with E-state index >= 15 is 0 Å². The summed E-state index contributed by atoms with van der Waals surface area (Å²) in [5.74, 6) is -0.660. The van der Waals surface area contributed by atoms with Crippen LogP contribution in [0.1, 0.15) is 58.9 Å². The van der Waals surface area contributed by atoms with Crippen LogP contribution in [0.5, 0.6) is 0 Å². The summed E-state index contributed by atoms with van der Waals surface area (Å²) in [7, 11) is 0. The van der Waals surface area contributed by atoms with Crippen LogP contribution in [0.15, 0.2) is 12.4 Å². The van der Waals surface area contributed by atoms with Gasteiger partial charge in [-0.15, -0.1) is 11.3 Å². The number of anilines is 2. The van der Waals surface area contributed by atoms with Gasteiger partial charge in [-0.1, -0.05) is 0 Å². The molecule has 0 aromatic carbocycles. The van der Waals surface area contributed by atoms with Crippen molar-refractivity contribution in [2.24, 2.45) is 0 Å². The summed E-state index contributed by atoms with van der Waals surface area (Å²) in [6.07, 6.45) is 3.26. The normalized spacial score (nSPS) is 14.5. The first-order valence-corrected chi connectivity index (χ1v) is 12.4. The molecule has 4 aromatic rings. The van der Waals surface area contributed by atoms with Crippen molar-refractivity contribution in [3.8, 4) is 11.8 Å². The molecule has 14 heteroatoms. The molecule has 0 atom stereocenters. The van der Waals surface area contributed by atoms with E-state index in [1.165, 1.54) is 33.1 Å². The summed E-state index contributed by atoms with van der Waals surface area (Å²) in [5, 5.41) is 9.32. The van der Waals surface area contributed by atoms with E-state index in [2.05, 4.69) is 10.2 Å². The van der Waals surface area contributed by atoms with E-state index in [0.29, 0.717) is 23.7 Å². The number of ether oxygens (including phenoxy) is 3. The van der Waals surface area contributed by atoms with Gasteiger partial charge in [-0.05, 0) is 33.3 Å². The van der Waals surface area contributed by atoms with Crippen LogP contribution in [0.2, 0.25) is 0 Å². The molecule has 194 valence electrons. The highest BCUT2D eigenvalue weighted by molar-refractivity contribution is 7.18. The van der Waals surface area contributed by atoms with Crippen molar-refractivity contribution >= 4 is 45.1 Å². The second-order valence-electron chi connectivity index (χ2n) is 8.91. The predicted molar refractivity (Wildman–Crippen MR) is 135 cm³/mol. The maximum Gasteiger partial charge on any atom is 0.343 e. The highest BCUT2D eigenvalue weighted by Gasteiger charge is 2.33. The van der Waals surface area contributed by atoms with Crippen LogP contribution in [0.4, 0.5) is 11.6 Å². The van der Waals surface area contributed by atoms with Gasteiger partial charge in [0.2, 0.25) is 0 Å². The average Bonchev–Trinajstić information content (AvgIpc) is 3.52. The number of hydrogen-bond acceptors (Lipinski definition) is 12. The monoisotopic (exact) mass is 526 g/mol. The van der Waals surface area contributed by atoms with E-state index in [1.54, 1.807) is 13.8 Å². The van der Waals surface area contributed by atoms with E-state index in [9.17, 15) is 9.59 Å². The minimum atomic E-state index is -0.603. The lowest BCUT2D eigenvalue weighted by atomic mass is 9.94. The third-order valence-electron chi connectivity index (χ3n) is 5.89. The number of thiophene rings is 1. The Labute approximate surface area is 215 Å². The molecule has 4 N–H and O–H groups in total. The van der Waals surface area contributed by atoms with Crippen LogP contribution in [0.3, 0.4) is 0 Å². The van der Waals surface area contributed by atoms with Gasteiger partial charge in [-0.25, -0.2) is 9.59 Å². The van der Waals surface area contributed by atoms with Crippen molar-refractivity contribution in [1.29, 1.82) is 0 Å². The summed E-state index contributed by atoms with van der Waals surface area (Å²) in [5.41, 5.74) is 13.4. The van der Waals surface area contributed by atoms with Crippen molar-refractivity contribution < 1.29 is 23.8 Å². The highest BCUT2D eigenvalue weighted by atomic mass is 32.1. The number of carbonyl (C=O) groups excluding carboxylic acids is 2. The Hall–Kier alpha value is -4.04. The van der Waals surface area contributed by atoms with Gasteiger partial charge >= 0.3 is 11.9 Å². The average molecular weight is 527 g/mol. The van der Waals surface area contributed by atoms with Crippen molar-refractivity contribution in [3.05, 3.63) is 34.0 Å². The first kappa shape index (κ1) is 24.6. The minimum Gasteiger partial charge on any atom is -0.462 e. The van der Waals surface area contributed by atoms with E-state index in [1.807, 2.05) is 13.8 Å². The second kappa shape index (κ2) is 9.12. The first-order valence-electron chi connectivity index (χ1n) is 11.6. The summed E-state index contributed by atoms with van der Waals surface area (Å²) in [4.78, 5) is 35.8. The smallest absolute Gasteiger partial charge is 0.343 e. The highest BCUT2D eigenvalue weighted by Crippen LogP contribution is 2.41. The Kier molecular flexibility index (Phi) is 6.07. The number of hydrogen-bond donors (Lipinski definition) is 2. The molecule has 0 spiro atoms. The largest absolute Gasteiger partial charge is 0.462 e. The van der Waals surface area contributed by atoms with Crippen molar-refractivity contribution in [2.75, 3.05) is 24.7 Å². The van der Waals surface area contributed by atoms with Gasteiger partial charge in [-0.2, -0.15) is 29.5 Å². The maximum atomic E-state index is 12.4. The molecule has 37 heavy (non-hydrogen) atoms. The number of aromatic nitrogens is 6. The molecule has 4 aromatic heterocycles. The Balaban J connectivity index is 1.74. The quantitative estimate of drug-likeness (QED) is 0.353. The molecule has 0 unspecified atom stereocenters. The zero-order chi connectivity index (χ0) is 26.5. The fraction of sp³-hybridized carbons (Fsp3) is 0.391. The zero-order valence-corrected chi connectivity index (χ0v) is 21.6. The topological polar surface area (TPSA) is 175 Å². The Morgan fingerprint density at radius 3 is 2.24 bits per heavy atom. The summed E-state index contributed by atoms with van der Waals surface area (Å²) in [6.45, 7) is 8.23. The molecular formula is C23H26N8O5S. The van der Waals surface area contributed by atoms with Gasteiger partial charge in [0, 0.05) is 11.3 Å². The minimum absolute atomic E-state index is 0.0233. The Bertz CT molecular complexity index is 1540. The van der Waals surface area contributed by atoms with Crippen LogP contribution in [0.25, 0.3) is 22.0 Å². The molecular weight excluding hydrogens is 500 g/mol. The van der Waals surface area contributed by atoms with Crippen molar-refractivity contribution in [3.63, 3.8) is 0 Å². The summed E-state index contributed by atoms with van der Waals surface area (Å²) in [6, 6.07) is 0. The van der Waals surface area contributed by atoms with E-state index in [4.69, 9.17) is 35.6 Å². The molecule has 0 aliphatic carbocycles. The fourth-order valence-corrected chi connectivity index (χ4v) is 5.23. The number of nitrogens with two attached hydrogens (primary N) is 2. The molecule has 13 nitrogen and oxygen atoms in total. The molecule has 5 heterocycles. The number of nitrogen functional groups attached to an aromatic ring is 2. The predicted octanol–water partition coefficient (Wildman–Crippen LogP) is 2.43. The van der Waals surface area contributed by atoms with Crippen molar-refractivity contribution in [1.82, 2.24) is 29.5 Å². The lowest BCUT2D eigenvalue weighted by molar-refractivity contribution is -0.0379. The van der Waals surface area contributed by atoms with Gasteiger partial charge in [0.25, 0.3) is 5.95 Å². The Morgan fingerprint density at radius 2 is 1.62 bits per heavy atom. The van der Waals surface area contributed by atoms with Gasteiger partial charge in [0.1, 0.15) is 27.6 Å². The number of nitrogens with zero attached hydrogens (tertiary/aromatic N) is 6. The lowest BCUT2D eigenvalue weighted by Gasteiger charge is -2.30. The third-order valence-corrected chi connectivity index (χ3v) is 6.99. The van der Waals surface area contributed by atoms with Crippen LogP contribution in [-0.2, 0) is 27.2 Å². The molecule has 0 bridgehead atoms. The van der Waals surface area contributed by atoms with Crippen LogP contribution in [-0.4, -0.2) is 60.3 Å². The third kappa shape index (κ3) is 4.17. The molecule has 0 fully saturated rings. The second-order valence-corrected chi connectivity index (χ2v) is 9.99. The van der Waals surface area contributed by atoms with Gasteiger partial charge in [0.05, 0.1) is 43.2 Å². The number of carbonyl (C=O) groups is 2. The van der Waals surface area contributed by atoms with Gasteiger partial charge in [0.15, 0.2) is 5.82 Å². The van der Waals surface area contributed by atoms with Crippen molar-refractivity contribution in [2.45, 2.75) is 46.3 Å². The van der Waals surface area contributed by atoms with Gasteiger partial charge in [-0.3, -0.25) is 0 Å². The number of rotatable bonds is 6. The zero-order valence-electron chi connectivity index (χ0n) is 20.8. The van der Waals surface area contributed by atoms with Crippen LogP contribution in [0, 0.1) is 0 Å². The molecule has 0 saturated heterocycles. The maximum absolute atomic E-state index is 12.4. The molecule has 0 amide bonds. The fourth-order valence-electron chi connectivity index (χ4n) is 4.14. The van der Waals surface area contributed by atoms with Crippen LogP contribution >= 0.6 is 11.3 Å². The van der Waals surface area contributed by atoms with E-state index < -0.39 is 17.5 Å². The van der Waals surface area contributed by atoms with Crippen LogP contribution < -0.4 is 11.5 Å². The Morgan fingerprint density at radius 1 is 1.03 bits per heavy atom. The number of esters is 2. The van der Waals surface area contributed by atoms with E-state index in [0.717, 1.165) is 15.8 Å². The number of fused-ring (bicyclic) bond motifs is 3. The standard InChI is InChI=1S/C23H26N8O5S/c1-5-34-20(32)12-8-26-30(16(12)24)18-15-11-7-23(3,4)36-10-14(11)37-19(15)29-22(28-18)31-17(25)13(9-27-31)21(33)35-6-2/h8-9H,5-7,10,24-25H2,1-4H3. The first-order chi connectivity index (χ1) is 17.6. The molecule has 5 rings (SSSR count). The molecule has 0 radical (unpaired) electrons. The summed E-state index contributed by atoms with van der Waals surface area (Å²) >= 11 is 1.45. The van der Waals surface area contributed by atoms with Gasteiger partial charge < -0.3 is 25.7 Å². The molecule has 0 saturated carbocycles.